The van der Waals surface area contributed by atoms with Gasteiger partial charge in [-0.3, -0.25) is 4.79 Å². The number of benzene rings is 2. The third kappa shape index (κ3) is 5.47. The van der Waals surface area contributed by atoms with E-state index in [9.17, 15) is 4.79 Å². The average Bonchev–Trinajstić information content (AvgIpc) is 3.16. The van der Waals surface area contributed by atoms with Gasteiger partial charge in [-0.1, -0.05) is 41.4 Å². The molecule has 1 amide bonds. The van der Waals surface area contributed by atoms with Crippen LogP contribution in [0.5, 0.6) is 5.75 Å². The summed E-state index contributed by atoms with van der Waals surface area (Å²) in [6.07, 6.45) is 2.12. The lowest BCUT2D eigenvalue weighted by molar-refractivity contribution is 0.0948. The monoisotopic (exact) mass is 427 g/mol. The van der Waals surface area contributed by atoms with Crippen LogP contribution in [0.15, 0.2) is 69.6 Å². The topological polar surface area (TPSA) is 51.5 Å². The number of nitrogens with one attached hydrogen (secondary N) is 1. The molecule has 1 aromatic heterocycles. The maximum absolute atomic E-state index is 12.3. The Morgan fingerprint density at radius 3 is 2.48 bits per heavy atom. The summed E-state index contributed by atoms with van der Waals surface area (Å²) < 4.78 is 12.5. The number of amides is 1. The molecule has 0 atom stereocenters. The molecule has 1 N–H and O–H groups in total. The van der Waals surface area contributed by atoms with E-state index in [4.69, 9.17) is 9.15 Å². The Morgan fingerprint density at radius 1 is 1.04 bits per heavy atom. The summed E-state index contributed by atoms with van der Waals surface area (Å²) in [5, 5.41) is 2.88. The second-order valence-electron chi connectivity index (χ2n) is 6.18. The molecule has 0 saturated carbocycles. The first kappa shape index (κ1) is 19.2. The van der Waals surface area contributed by atoms with Crippen LogP contribution in [-0.2, 0) is 6.54 Å². The van der Waals surface area contributed by atoms with Gasteiger partial charge in [0.05, 0.1) is 13.2 Å². The number of carbonyl (C=O) groups is 1. The summed E-state index contributed by atoms with van der Waals surface area (Å²) in [5.41, 5.74) is 1.59. The van der Waals surface area contributed by atoms with Gasteiger partial charge >= 0.3 is 0 Å². The molecule has 0 bridgehead atoms. The molecule has 0 aliphatic heterocycles. The number of carbonyl (C=O) groups excluding carboxylic acids is 1. The Labute approximate surface area is 167 Å². The molecule has 140 valence electrons. The largest absolute Gasteiger partial charge is 0.494 e. The van der Waals surface area contributed by atoms with E-state index in [0.29, 0.717) is 24.5 Å². The first-order chi connectivity index (χ1) is 13.2. The molecule has 1 heterocycles. The van der Waals surface area contributed by atoms with E-state index in [-0.39, 0.29) is 5.91 Å². The minimum Gasteiger partial charge on any atom is -0.494 e. The van der Waals surface area contributed by atoms with Crippen molar-refractivity contribution in [2.75, 3.05) is 6.61 Å². The standard InChI is InChI=1S/C22H22BrNO3/c1-2-3-14-26-19-10-6-17(7-11-19)22(25)24-15-20-12-13-21(27-20)16-4-8-18(23)9-5-16/h4-13H,2-3,14-15H2,1H3,(H,24,25). The van der Waals surface area contributed by atoms with Crippen molar-refractivity contribution in [3.63, 3.8) is 0 Å². The van der Waals surface area contributed by atoms with Gasteiger partial charge in [0.2, 0.25) is 0 Å². The molecule has 0 aliphatic rings. The average molecular weight is 428 g/mol. The maximum Gasteiger partial charge on any atom is 0.251 e. The van der Waals surface area contributed by atoms with Crippen molar-refractivity contribution in [2.24, 2.45) is 0 Å². The second kappa shape index (κ2) is 9.42. The van der Waals surface area contributed by atoms with Gasteiger partial charge in [-0.15, -0.1) is 0 Å². The van der Waals surface area contributed by atoms with Crippen LogP contribution < -0.4 is 10.1 Å². The molecule has 3 rings (SSSR count). The van der Waals surface area contributed by atoms with E-state index < -0.39 is 0 Å². The molecule has 0 saturated heterocycles. The first-order valence-corrected chi connectivity index (χ1v) is 9.80. The number of furan rings is 1. The zero-order valence-corrected chi connectivity index (χ0v) is 16.8. The summed E-state index contributed by atoms with van der Waals surface area (Å²) in [7, 11) is 0. The molecule has 3 aromatic rings. The predicted molar refractivity (Wildman–Crippen MR) is 110 cm³/mol. The number of ether oxygens (including phenoxy) is 1. The highest BCUT2D eigenvalue weighted by Gasteiger charge is 2.09. The van der Waals surface area contributed by atoms with Gasteiger partial charge < -0.3 is 14.5 Å². The van der Waals surface area contributed by atoms with Crippen molar-refractivity contribution >= 4 is 21.8 Å². The molecule has 27 heavy (non-hydrogen) atoms. The van der Waals surface area contributed by atoms with E-state index in [2.05, 4.69) is 28.2 Å². The number of rotatable bonds is 8. The third-order valence-electron chi connectivity index (χ3n) is 4.10. The van der Waals surface area contributed by atoms with Crippen molar-refractivity contribution in [1.82, 2.24) is 5.32 Å². The fraction of sp³-hybridized carbons (Fsp3) is 0.227. The van der Waals surface area contributed by atoms with Gasteiger partial charge in [-0.2, -0.15) is 0 Å². The maximum atomic E-state index is 12.3. The Balaban J connectivity index is 1.54. The molecule has 4 nitrogen and oxygen atoms in total. The highest BCUT2D eigenvalue weighted by atomic mass is 79.9. The second-order valence-corrected chi connectivity index (χ2v) is 7.10. The lowest BCUT2D eigenvalue weighted by Gasteiger charge is -2.07. The van der Waals surface area contributed by atoms with Crippen LogP contribution in [-0.4, -0.2) is 12.5 Å². The molecule has 0 unspecified atom stereocenters. The van der Waals surface area contributed by atoms with E-state index in [0.717, 1.165) is 34.4 Å². The summed E-state index contributed by atoms with van der Waals surface area (Å²) in [4.78, 5) is 12.3. The van der Waals surface area contributed by atoms with E-state index in [1.54, 1.807) is 12.1 Å². The van der Waals surface area contributed by atoms with Crippen LogP contribution >= 0.6 is 15.9 Å². The lowest BCUT2D eigenvalue weighted by atomic mass is 10.2. The fourth-order valence-corrected chi connectivity index (χ4v) is 2.81. The predicted octanol–water partition coefficient (Wildman–Crippen LogP) is 5.82. The molecule has 0 radical (unpaired) electrons. The van der Waals surface area contributed by atoms with Gasteiger partial charge in [-0.05, 0) is 55.0 Å². The van der Waals surface area contributed by atoms with E-state index in [1.807, 2.05) is 48.5 Å². The van der Waals surface area contributed by atoms with Gasteiger partial charge in [0, 0.05) is 15.6 Å². The highest BCUT2D eigenvalue weighted by Crippen LogP contribution is 2.24. The van der Waals surface area contributed by atoms with E-state index >= 15 is 0 Å². The molecule has 2 aromatic carbocycles. The van der Waals surface area contributed by atoms with Crippen LogP contribution in [0, 0.1) is 0 Å². The quantitative estimate of drug-likeness (QED) is 0.460. The third-order valence-corrected chi connectivity index (χ3v) is 4.63. The fourth-order valence-electron chi connectivity index (χ4n) is 2.55. The molecule has 5 heteroatoms. The molecular weight excluding hydrogens is 406 g/mol. The van der Waals surface area contributed by atoms with Gasteiger partial charge in [0.15, 0.2) is 0 Å². The summed E-state index contributed by atoms with van der Waals surface area (Å²) >= 11 is 3.42. The summed E-state index contributed by atoms with van der Waals surface area (Å²) in [6, 6.07) is 18.9. The molecular formula is C22H22BrNO3. The molecule has 0 spiro atoms. The van der Waals surface area contributed by atoms with Crippen molar-refractivity contribution in [3.05, 3.63) is 76.5 Å². The van der Waals surface area contributed by atoms with Crippen molar-refractivity contribution in [1.29, 1.82) is 0 Å². The Kier molecular flexibility index (Phi) is 6.71. The Bertz CT molecular complexity index is 869. The first-order valence-electron chi connectivity index (χ1n) is 9.01. The van der Waals surface area contributed by atoms with Crippen LogP contribution in [0.3, 0.4) is 0 Å². The molecule has 0 aliphatic carbocycles. The van der Waals surface area contributed by atoms with Gasteiger partial charge in [0.25, 0.3) is 5.91 Å². The SMILES string of the molecule is CCCCOc1ccc(C(=O)NCc2ccc(-c3ccc(Br)cc3)o2)cc1. The zero-order valence-electron chi connectivity index (χ0n) is 15.2. The van der Waals surface area contributed by atoms with Crippen LogP contribution in [0.4, 0.5) is 0 Å². The van der Waals surface area contributed by atoms with Gasteiger partial charge in [0.1, 0.15) is 17.3 Å². The lowest BCUT2D eigenvalue weighted by Crippen LogP contribution is -2.22. The Hall–Kier alpha value is -2.53. The smallest absolute Gasteiger partial charge is 0.251 e. The van der Waals surface area contributed by atoms with Crippen LogP contribution in [0.1, 0.15) is 35.9 Å². The number of hydrogen-bond acceptors (Lipinski definition) is 3. The Morgan fingerprint density at radius 2 is 1.78 bits per heavy atom. The van der Waals surface area contributed by atoms with E-state index in [1.165, 1.54) is 0 Å². The van der Waals surface area contributed by atoms with Crippen molar-refractivity contribution < 1.29 is 13.9 Å². The minimum atomic E-state index is -0.142. The summed E-state index contributed by atoms with van der Waals surface area (Å²) in [5.74, 6) is 2.13. The number of halogens is 1. The van der Waals surface area contributed by atoms with Crippen molar-refractivity contribution in [2.45, 2.75) is 26.3 Å². The zero-order chi connectivity index (χ0) is 19.1. The molecule has 0 fully saturated rings. The highest BCUT2D eigenvalue weighted by molar-refractivity contribution is 9.10. The van der Waals surface area contributed by atoms with Crippen molar-refractivity contribution in [3.8, 4) is 17.1 Å². The van der Waals surface area contributed by atoms with Crippen LogP contribution in [0.25, 0.3) is 11.3 Å². The van der Waals surface area contributed by atoms with Crippen LogP contribution in [0.2, 0.25) is 0 Å². The summed E-state index contributed by atoms with van der Waals surface area (Å²) in [6.45, 7) is 3.16. The van der Waals surface area contributed by atoms with Gasteiger partial charge in [-0.25, -0.2) is 0 Å². The minimum absolute atomic E-state index is 0.142. The normalized spacial score (nSPS) is 10.6. The number of unbranched alkanes of at least 4 members (excludes halogenated alkanes) is 1. The number of hydrogen-bond donors (Lipinski definition) is 1.